The van der Waals surface area contributed by atoms with Gasteiger partial charge in [0.15, 0.2) is 5.69 Å². The Bertz CT molecular complexity index is 979. The molecule has 0 aliphatic heterocycles. The van der Waals surface area contributed by atoms with E-state index in [9.17, 15) is 18.0 Å². The van der Waals surface area contributed by atoms with Crippen molar-refractivity contribution in [2.45, 2.75) is 26.6 Å². The second kappa shape index (κ2) is 7.22. The summed E-state index contributed by atoms with van der Waals surface area (Å²) >= 11 is 0. The maximum absolute atomic E-state index is 13.7. The summed E-state index contributed by atoms with van der Waals surface area (Å²) in [5.74, 6) is -0.856. The molecule has 3 rings (SSSR count). The number of hydrogen-bond donors (Lipinski definition) is 1. The average Bonchev–Trinajstić information content (AvgIpc) is 3.05. The molecule has 8 heteroatoms. The molecule has 5 nitrogen and oxygen atoms in total. The molecular weight excluding hydrogens is 357 g/mol. The molecular formula is C19H17F3N4O. The summed E-state index contributed by atoms with van der Waals surface area (Å²) in [5, 5.41) is 6.30. The van der Waals surface area contributed by atoms with E-state index in [-0.39, 0.29) is 12.2 Å². The van der Waals surface area contributed by atoms with Crippen LogP contribution in [0.1, 0.15) is 33.0 Å². The van der Waals surface area contributed by atoms with Crippen LogP contribution in [0.4, 0.5) is 13.2 Å². The molecule has 0 radical (unpaired) electrons. The lowest BCUT2D eigenvalue weighted by molar-refractivity contribution is -0.143. The highest BCUT2D eigenvalue weighted by Crippen LogP contribution is 2.34. The summed E-state index contributed by atoms with van der Waals surface area (Å²) in [7, 11) is 0. The topological polar surface area (TPSA) is 59.8 Å². The van der Waals surface area contributed by atoms with Gasteiger partial charge in [0, 0.05) is 5.69 Å². The van der Waals surface area contributed by atoms with Crippen LogP contribution >= 0.6 is 0 Å². The predicted octanol–water partition coefficient (Wildman–Crippen LogP) is 3.83. The van der Waals surface area contributed by atoms with Crippen molar-refractivity contribution >= 4 is 5.91 Å². The highest BCUT2D eigenvalue weighted by molar-refractivity contribution is 5.95. The zero-order valence-corrected chi connectivity index (χ0v) is 14.7. The molecule has 0 aliphatic carbocycles. The second-order valence-electron chi connectivity index (χ2n) is 6.06. The van der Waals surface area contributed by atoms with Gasteiger partial charge in [0.1, 0.15) is 0 Å². The van der Waals surface area contributed by atoms with Crippen molar-refractivity contribution in [1.29, 1.82) is 0 Å². The number of aryl methyl sites for hydroxylation is 2. The standard InChI is InChI=1S/C19H17F3N4O/c1-12-6-3-4-9-16(12)26-17(19(20,21)22)15(11-24-26)18(27)23-10-14-8-5-7-13(2)25-14/h3-9,11H,10H2,1-2H3,(H,23,27). The second-order valence-corrected chi connectivity index (χ2v) is 6.06. The number of hydrogen-bond acceptors (Lipinski definition) is 3. The Morgan fingerprint density at radius 3 is 2.52 bits per heavy atom. The molecule has 140 valence electrons. The minimum absolute atomic E-state index is 0.0212. The van der Waals surface area contributed by atoms with Crippen LogP contribution in [0, 0.1) is 13.8 Å². The molecule has 2 aromatic heterocycles. The van der Waals surface area contributed by atoms with Crippen molar-refractivity contribution < 1.29 is 18.0 Å². The number of carbonyl (C=O) groups is 1. The predicted molar refractivity (Wildman–Crippen MR) is 93.4 cm³/mol. The molecule has 0 atom stereocenters. The lowest BCUT2D eigenvalue weighted by Crippen LogP contribution is -2.26. The van der Waals surface area contributed by atoms with Gasteiger partial charge in [-0.2, -0.15) is 18.3 Å². The molecule has 0 spiro atoms. The van der Waals surface area contributed by atoms with Gasteiger partial charge in [-0.1, -0.05) is 24.3 Å². The van der Waals surface area contributed by atoms with E-state index in [2.05, 4.69) is 15.4 Å². The quantitative estimate of drug-likeness (QED) is 0.755. The van der Waals surface area contributed by atoms with Gasteiger partial charge in [0.25, 0.3) is 5.91 Å². The zero-order chi connectivity index (χ0) is 19.6. The Balaban J connectivity index is 1.93. The van der Waals surface area contributed by atoms with Gasteiger partial charge in [-0.05, 0) is 37.6 Å². The van der Waals surface area contributed by atoms with Gasteiger partial charge in [0.05, 0.1) is 29.7 Å². The molecule has 0 unspecified atom stereocenters. The summed E-state index contributed by atoms with van der Waals surface area (Å²) in [6.07, 6.45) is -3.80. The van der Waals surface area contributed by atoms with Crippen molar-refractivity contribution in [3.63, 3.8) is 0 Å². The number of pyridine rings is 1. The molecule has 1 amide bonds. The van der Waals surface area contributed by atoms with E-state index < -0.39 is 23.3 Å². The summed E-state index contributed by atoms with van der Waals surface area (Å²) in [6, 6.07) is 11.8. The molecule has 0 aliphatic rings. The first-order chi connectivity index (χ1) is 12.8. The number of carbonyl (C=O) groups excluding carboxylic acids is 1. The third kappa shape index (κ3) is 3.99. The van der Waals surface area contributed by atoms with E-state index in [1.165, 1.54) is 6.07 Å². The van der Waals surface area contributed by atoms with E-state index in [0.29, 0.717) is 11.3 Å². The van der Waals surface area contributed by atoms with Gasteiger partial charge in [-0.15, -0.1) is 0 Å². The highest BCUT2D eigenvalue weighted by atomic mass is 19.4. The maximum atomic E-state index is 13.7. The Morgan fingerprint density at radius 2 is 1.85 bits per heavy atom. The Kier molecular flexibility index (Phi) is 4.98. The average molecular weight is 374 g/mol. The summed E-state index contributed by atoms with van der Waals surface area (Å²) in [4.78, 5) is 16.6. The number of halogens is 3. The number of nitrogens with zero attached hydrogens (tertiary/aromatic N) is 3. The first-order valence-corrected chi connectivity index (χ1v) is 8.19. The molecule has 1 N–H and O–H groups in total. The molecule has 2 heterocycles. The van der Waals surface area contributed by atoms with Gasteiger partial charge in [0.2, 0.25) is 0 Å². The lowest BCUT2D eigenvalue weighted by atomic mass is 10.1. The first-order valence-electron chi connectivity index (χ1n) is 8.19. The number of alkyl halides is 3. The monoisotopic (exact) mass is 374 g/mol. The van der Waals surface area contributed by atoms with E-state index in [4.69, 9.17) is 0 Å². The largest absolute Gasteiger partial charge is 0.434 e. The first kappa shape index (κ1) is 18.6. The summed E-state index contributed by atoms with van der Waals surface area (Å²) < 4.78 is 41.8. The van der Waals surface area contributed by atoms with Crippen LogP contribution in [0.2, 0.25) is 0 Å². The number of amides is 1. The van der Waals surface area contributed by atoms with Crippen LogP contribution in [0.3, 0.4) is 0 Å². The van der Waals surface area contributed by atoms with E-state index in [1.807, 2.05) is 0 Å². The fourth-order valence-electron chi connectivity index (χ4n) is 2.74. The van der Waals surface area contributed by atoms with Gasteiger partial charge in [-0.25, -0.2) is 4.68 Å². The fraction of sp³-hybridized carbons (Fsp3) is 0.211. The maximum Gasteiger partial charge on any atom is 0.434 e. The van der Waals surface area contributed by atoms with Crippen molar-refractivity contribution in [1.82, 2.24) is 20.1 Å². The molecule has 0 fully saturated rings. The minimum Gasteiger partial charge on any atom is -0.346 e. The number of nitrogens with one attached hydrogen (secondary N) is 1. The van der Waals surface area contributed by atoms with Crippen LogP contribution in [-0.4, -0.2) is 20.7 Å². The van der Waals surface area contributed by atoms with Crippen LogP contribution < -0.4 is 5.32 Å². The van der Waals surface area contributed by atoms with Crippen LogP contribution in [0.15, 0.2) is 48.7 Å². The van der Waals surface area contributed by atoms with Crippen molar-refractivity contribution in [2.75, 3.05) is 0 Å². The number of rotatable bonds is 4. The van der Waals surface area contributed by atoms with Gasteiger partial charge < -0.3 is 5.32 Å². The fourth-order valence-corrected chi connectivity index (χ4v) is 2.74. The molecule has 0 bridgehead atoms. The molecule has 0 saturated carbocycles. The Morgan fingerprint density at radius 1 is 1.11 bits per heavy atom. The van der Waals surface area contributed by atoms with Crippen molar-refractivity contribution in [3.05, 3.63) is 76.9 Å². The zero-order valence-electron chi connectivity index (χ0n) is 14.7. The van der Waals surface area contributed by atoms with Crippen molar-refractivity contribution in [3.8, 4) is 5.69 Å². The van der Waals surface area contributed by atoms with Gasteiger partial charge in [-0.3, -0.25) is 9.78 Å². The summed E-state index contributed by atoms with van der Waals surface area (Å²) in [5.41, 5.74) is 0.560. The molecule has 0 saturated heterocycles. The van der Waals surface area contributed by atoms with Gasteiger partial charge >= 0.3 is 6.18 Å². The number of benzene rings is 1. The number of para-hydroxylation sites is 1. The SMILES string of the molecule is Cc1cccc(CNC(=O)c2cnn(-c3ccccc3C)c2C(F)(F)F)n1. The highest BCUT2D eigenvalue weighted by Gasteiger charge is 2.40. The number of aromatic nitrogens is 3. The molecule has 3 aromatic rings. The Hall–Kier alpha value is -3.16. The van der Waals surface area contributed by atoms with Crippen LogP contribution in [0.5, 0.6) is 0 Å². The molecule has 1 aromatic carbocycles. The Labute approximate surface area is 153 Å². The summed E-state index contributed by atoms with van der Waals surface area (Å²) in [6.45, 7) is 3.49. The smallest absolute Gasteiger partial charge is 0.346 e. The normalized spacial score (nSPS) is 11.4. The van der Waals surface area contributed by atoms with Crippen molar-refractivity contribution in [2.24, 2.45) is 0 Å². The molecule has 27 heavy (non-hydrogen) atoms. The van der Waals surface area contributed by atoms with E-state index in [0.717, 1.165) is 16.6 Å². The van der Waals surface area contributed by atoms with E-state index >= 15 is 0 Å². The third-order valence-electron chi connectivity index (χ3n) is 4.00. The third-order valence-corrected chi connectivity index (χ3v) is 4.00. The lowest BCUT2D eigenvalue weighted by Gasteiger charge is -2.14. The van der Waals surface area contributed by atoms with E-state index in [1.54, 1.807) is 50.2 Å². The minimum atomic E-state index is -4.74. The van der Waals surface area contributed by atoms with Crippen LogP contribution in [0.25, 0.3) is 5.69 Å². The van der Waals surface area contributed by atoms with Crippen LogP contribution in [-0.2, 0) is 12.7 Å².